The Balaban J connectivity index is 1.82. The lowest BCUT2D eigenvalue weighted by Gasteiger charge is -2.41. The zero-order chi connectivity index (χ0) is 13.7. The molecule has 0 radical (unpaired) electrons. The minimum atomic E-state index is 0.0122. The third-order valence-corrected chi connectivity index (χ3v) is 4.59. The molecule has 2 rings (SSSR count). The molecule has 4 heteroatoms. The molecule has 2 fully saturated rings. The Kier molecular flexibility index (Phi) is 5.64. The largest absolute Gasteiger partial charge is 0.466 e. The van der Waals surface area contributed by atoms with E-state index >= 15 is 0 Å². The van der Waals surface area contributed by atoms with Crippen molar-refractivity contribution in [2.45, 2.75) is 45.6 Å². The van der Waals surface area contributed by atoms with E-state index in [-0.39, 0.29) is 11.9 Å². The highest BCUT2D eigenvalue weighted by molar-refractivity contribution is 5.72. The van der Waals surface area contributed by atoms with Gasteiger partial charge in [0.15, 0.2) is 0 Å². The monoisotopic (exact) mass is 268 g/mol. The van der Waals surface area contributed by atoms with E-state index in [2.05, 4.69) is 16.7 Å². The van der Waals surface area contributed by atoms with Crippen molar-refractivity contribution in [1.29, 1.82) is 0 Å². The maximum Gasteiger partial charge on any atom is 0.310 e. The summed E-state index contributed by atoms with van der Waals surface area (Å²) < 4.78 is 5.18. The van der Waals surface area contributed by atoms with Crippen LogP contribution in [0.1, 0.15) is 39.5 Å². The Morgan fingerprint density at radius 3 is 2.53 bits per heavy atom. The molecular formula is C15H28N2O2. The molecule has 19 heavy (non-hydrogen) atoms. The molecule has 110 valence electrons. The average Bonchev–Trinajstić information content (AvgIpc) is 2.48. The minimum Gasteiger partial charge on any atom is -0.466 e. The third kappa shape index (κ3) is 3.93. The first-order valence-corrected chi connectivity index (χ1v) is 7.87. The molecule has 0 aromatic carbocycles. The highest BCUT2D eigenvalue weighted by Gasteiger charge is 2.31. The van der Waals surface area contributed by atoms with Gasteiger partial charge in [-0.05, 0) is 58.8 Å². The number of nitrogens with zero attached hydrogens (tertiary/aromatic N) is 2. The van der Waals surface area contributed by atoms with Gasteiger partial charge in [-0.3, -0.25) is 9.69 Å². The van der Waals surface area contributed by atoms with Gasteiger partial charge >= 0.3 is 5.97 Å². The van der Waals surface area contributed by atoms with E-state index < -0.39 is 0 Å². The molecule has 2 heterocycles. The maximum absolute atomic E-state index is 11.9. The first kappa shape index (κ1) is 14.8. The van der Waals surface area contributed by atoms with Crippen LogP contribution in [0.5, 0.6) is 0 Å². The van der Waals surface area contributed by atoms with Gasteiger partial charge in [0.2, 0.25) is 0 Å². The van der Waals surface area contributed by atoms with Crippen LogP contribution in [0.4, 0.5) is 0 Å². The second kappa shape index (κ2) is 7.25. The van der Waals surface area contributed by atoms with Gasteiger partial charge in [-0.15, -0.1) is 0 Å². The van der Waals surface area contributed by atoms with Crippen LogP contribution in [0.15, 0.2) is 0 Å². The van der Waals surface area contributed by atoms with Gasteiger partial charge in [0.25, 0.3) is 0 Å². The second-order valence-electron chi connectivity index (χ2n) is 5.75. The van der Waals surface area contributed by atoms with Crippen LogP contribution < -0.4 is 0 Å². The van der Waals surface area contributed by atoms with Gasteiger partial charge in [-0.2, -0.15) is 0 Å². The molecule has 0 spiro atoms. The highest BCUT2D eigenvalue weighted by atomic mass is 16.5. The van der Waals surface area contributed by atoms with E-state index in [4.69, 9.17) is 4.74 Å². The Labute approximate surface area is 117 Å². The molecule has 2 aliphatic rings. The fourth-order valence-corrected chi connectivity index (χ4v) is 3.39. The van der Waals surface area contributed by atoms with Gasteiger partial charge in [0, 0.05) is 12.6 Å². The average molecular weight is 268 g/mol. The van der Waals surface area contributed by atoms with Crippen LogP contribution in [0, 0.1) is 5.92 Å². The summed E-state index contributed by atoms with van der Waals surface area (Å²) in [6.45, 7) is 10.3. The zero-order valence-corrected chi connectivity index (χ0v) is 12.4. The lowest BCUT2D eigenvalue weighted by atomic mass is 9.94. The minimum absolute atomic E-state index is 0.0122. The van der Waals surface area contributed by atoms with Gasteiger partial charge in [0.05, 0.1) is 12.5 Å². The predicted molar refractivity (Wildman–Crippen MR) is 76.1 cm³/mol. The van der Waals surface area contributed by atoms with Crippen molar-refractivity contribution < 1.29 is 9.53 Å². The number of rotatable bonds is 4. The lowest BCUT2D eigenvalue weighted by Crippen LogP contribution is -2.49. The molecule has 2 aliphatic heterocycles. The van der Waals surface area contributed by atoms with Crippen LogP contribution >= 0.6 is 0 Å². The molecular weight excluding hydrogens is 240 g/mol. The summed E-state index contributed by atoms with van der Waals surface area (Å²) in [5, 5.41) is 0. The molecule has 0 amide bonds. The van der Waals surface area contributed by atoms with E-state index in [1.165, 1.54) is 25.9 Å². The fraction of sp³-hybridized carbons (Fsp3) is 0.933. The predicted octanol–water partition coefficient (Wildman–Crippen LogP) is 1.75. The number of carbonyl (C=O) groups excluding carboxylic acids is 1. The van der Waals surface area contributed by atoms with E-state index in [1.54, 1.807) is 0 Å². The summed E-state index contributed by atoms with van der Waals surface area (Å²) in [6, 6.07) is 0.681. The number of esters is 1. The van der Waals surface area contributed by atoms with Gasteiger partial charge in [-0.1, -0.05) is 6.92 Å². The first-order chi connectivity index (χ1) is 9.24. The number of hydrogen-bond acceptors (Lipinski definition) is 4. The molecule has 0 aliphatic carbocycles. The number of carbonyl (C=O) groups is 1. The number of piperidine rings is 2. The third-order valence-electron chi connectivity index (χ3n) is 4.59. The SMILES string of the molecule is CCOC(=O)[C@H]1CCCN(C2CCN(CC)CC2)C1. The molecule has 0 aromatic heterocycles. The van der Waals surface area contributed by atoms with Crippen LogP contribution in [-0.4, -0.2) is 61.1 Å². The second-order valence-corrected chi connectivity index (χ2v) is 5.75. The van der Waals surface area contributed by atoms with Crippen molar-refractivity contribution in [3.05, 3.63) is 0 Å². The Bertz CT molecular complexity index is 288. The van der Waals surface area contributed by atoms with E-state index in [1.807, 2.05) is 6.92 Å². The van der Waals surface area contributed by atoms with Crippen LogP contribution in [0.25, 0.3) is 0 Å². The molecule has 4 nitrogen and oxygen atoms in total. The fourth-order valence-electron chi connectivity index (χ4n) is 3.39. The number of hydrogen-bond donors (Lipinski definition) is 0. The van der Waals surface area contributed by atoms with Crippen LogP contribution in [0.3, 0.4) is 0 Å². The lowest BCUT2D eigenvalue weighted by molar-refractivity contribution is -0.150. The first-order valence-electron chi connectivity index (χ1n) is 7.87. The number of ether oxygens (including phenoxy) is 1. The Morgan fingerprint density at radius 1 is 1.16 bits per heavy atom. The summed E-state index contributed by atoms with van der Waals surface area (Å²) in [4.78, 5) is 16.9. The summed E-state index contributed by atoms with van der Waals surface area (Å²) in [5.41, 5.74) is 0. The molecule has 0 unspecified atom stereocenters. The summed E-state index contributed by atoms with van der Waals surface area (Å²) in [6.07, 6.45) is 4.65. The highest BCUT2D eigenvalue weighted by Crippen LogP contribution is 2.24. The molecule has 2 saturated heterocycles. The van der Waals surface area contributed by atoms with E-state index in [0.717, 1.165) is 32.5 Å². The van der Waals surface area contributed by atoms with Crippen molar-refractivity contribution in [3.8, 4) is 0 Å². The Morgan fingerprint density at radius 2 is 1.89 bits per heavy atom. The van der Waals surface area contributed by atoms with Gasteiger partial charge < -0.3 is 9.64 Å². The van der Waals surface area contributed by atoms with Crippen molar-refractivity contribution >= 4 is 5.97 Å². The molecule has 0 bridgehead atoms. The zero-order valence-electron chi connectivity index (χ0n) is 12.4. The normalized spacial score (nSPS) is 27.4. The molecule has 0 N–H and O–H groups in total. The maximum atomic E-state index is 11.9. The van der Waals surface area contributed by atoms with Crippen LogP contribution in [-0.2, 0) is 9.53 Å². The van der Waals surface area contributed by atoms with Crippen molar-refractivity contribution in [1.82, 2.24) is 9.80 Å². The topological polar surface area (TPSA) is 32.8 Å². The van der Waals surface area contributed by atoms with Gasteiger partial charge in [0.1, 0.15) is 0 Å². The quantitative estimate of drug-likeness (QED) is 0.727. The Hall–Kier alpha value is -0.610. The molecule has 1 atom stereocenters. The smallest absolute Gasteiger partial charge is 0.310 e. The summed E-state index contributed by atoms with van der Waals surface area (Å²) in [7, 11) is 0. The number of likely N-dealkylation sites (tertiary alicyclic amines) is 2. The summed E-state index contributed by atoms with van der Waals surface area (Å²) in [5.74, 6) is 0.121. The van der Waals surface area contributed by atoms with Crippen molar-refractivity contribution in [2.24, 2.45) is 5.92 Å². The van der Waals surface area contributed by atoms with E-state index in [9.17, 15) is 4.79 Å². The van der Waals surface area contributed by atoms with Crippen molar-refractivity contribution in [2.75, 3.05) is 39.3 Å². The summed E-state index contributed by atoms with van der Waals surface area (Å²) >= 11 is 0. The van der Waals surface area contributed by atoms with Crippen molar-refractivity contribution in [3.63, 3.8) is 0 Å². The molecule has 0 saturated carbocycles. The standard InChI is InChI=1S/C15H28N2O2/c1-3-16-10-7-14(8-11-16)17-9-5-6-13(12-17)15(18)19-4-2/h13-14H,3-12H2,1-2H3/t13-/m0/s1. The van der Waals surface area contributed by atoms with Gasteiger partial charge in [-0.25, -0.2) is 0 Å². The van der Waals surface area contributed by atoms with Crippen LogP contribution in [0.2, 0.25) is 0 Å². The van der Waals surface area contributed by atoms with E-state index in [0.29, 0.717) is 12.6 Å². The molecule has 0 aromatic rings.